The number of unbranched alkanes of at least 4 members (excludes halogenated alkanes) is 2. The van der Waals surface area contributed by atoms with Crippen LogP contribution in [0.4, 0.5) is 17.5 Å². The summed E-state index contributed by atoms with van der Waals surface area (Å²) < 4.78 is 0. The minimum Gasteiger partial charge on any atom is -0.368 e. The third kappa shape index (κ3) is 4.35. The van der Waals surface area contributed by atoms with Gasteiger partial charge in [-0.25, -0.2) is 4.98 Å². The highest BCUT2D eigenvalue weighted by molar-refractivity contribution is 5.60. The van der Waals surface area contributed by atoms with Gasteiger partial charge in [-0.15, -0.1) is 0 Å². The summed E-state index contributed by atoms with van der Waals surface area (Å²) in [5.41, 5.74) is 5.72. The molecule has 106 valence electrons. The molecule has 3 N–H and O–H groups in total. The van der Waals surface area contributed by atoms with Gasteiger partial charge in [0.1, 0.15) is 5.69 Å². The highest BCUT2D eigenvalue weighted by Crippen LogP contribution is 2.26. The SMILES string of the molecule is CCCCCC(C)Nc1nc(N)nc(C)c1[N+](=O)[O-]. The standard InChI is InChI=1S/C12H21N5O2/c1-4-5-6-7-8(2)14-11-10(17(18)19)9(3)15-12(13)16-11/h8H,4-7H2,1-3H3,(H3,13,14,15,16). The van der Waals surface area contributed by atoms with Gasteiger partial charge in [-0.3, -0.25) is 10.1 Å². The normalized spacial score (nSPS) is 12.2. The van der Waals surface area contributed by atoms with Crippen molar-refractivity contribution in [3.63, 3.8) is 0 Å². The number of nitro groups is 1. The van der Waals surface area contributed by atoms with E-state index >= 15 is 0 Å². The summed E-state index contributed by atoms with van der Waals surface area (Å²) in [6.07, 6.45) is 4.32. The fourth-order valence-corrected chi connectivity index (χ4v) is 1.91. The van der Waals surface area contributed by atoms with E-state index in [1.165, 1.54) is 0 Å². The Labute approximate surface area is 112 Å². The van der Waals surface area contributed by atoms with Gasteiger partial charge in [0.2, 0.25) is 11.8 Å². The van der Waals surface area contributed by atoms with E-state index < -0.39 is 4.92 Å². The van der Waals surface area contributed by atoms with Crippen molar-refractivity contribution in [1.29, 1.82) is 0 Å². The largest absolute Gasteiger partial charge is 0.368 e. The van der Waals surface area contributed by atoms with Crippen LogP contribution in [0.25, 0.3) is 0 Å². The maximum Gasteiger partial charge on any atom is 0.332 e. The molecular formula is C12H21N5O2. The first-order valence-corrected chi connectivity index (χ1v) is 6.50. The van der Waals surface area contributed by atoms with Crippen molar-refractivity contribution in [2.45, 2.75) is 52.5 Å². The van der Waals surface area contributed by atoms with E-state index in [2.05, 4.69) is 22.2 Å². The fraction of sp³-hybridized carbons (Fsp3) is 0.667. The molecule has 1 aromatic rings. The Bertz CT molecular complexity index is 450. The minimum atomic E-state index is -0.476. The van der Waals surface area contributed by atoms with Gasteiger partial charge in [-0.1, -0.05) is 26.2 Å². The van der Waals surface area contributed by atoms with Gasteiger partial charge in [0.15, 0.2) is 0 Å². The van der Waals surface area contributed by atoms with Gasteiger partial charge in [-0.05, 0) is 20.3 Å². The van der Waals surface area contributed by atoms with Crippen molar-refractivity contribution in [2.75, 3.05) is 11.1 Å². The number of aryl methyl sites for hydroxylation is 1. The van der Waals surface area contributed by atoms with Gasteiger partial charge >= 0.3 is 5.69 Å². The number of nitrogens with two attached hydrogens (primary N) is 1. The van der Waals surface area contributed by atoms with E-state index in [1.54, 1.807) is 6.92 Å². The lowest BCUT2D eigenvalue weighted by atomic mass is 10.1. The Morgan fingerprint density at radius 1 is 1.42 bits per heavy atom. The molecule has 0 aliphatic carbocycles. The third-order valence-corrected chi connectivity index (χ3v) is 2.88. The van der Waals surface area contributed by atoms with E-state index in [4.69, 9.17) is 5.73 Å². The van der Waals surface area contributed by atoms with Crippen molar-refractivity contribution >= 4 is 17.5 Å². The Morgan fingerprint density at radius 2 is 2.11 bits per heavy atom. The molecule has 0 aliphatic rings. The lowest BCUT2D eigenvalue weighted by Gasteiger charge is -2.14. The van der Waals surface area contributed by atoms with Gasteiger partial charge < -0.3 is 11.1 Å². The van der Waals surface area contributed by atoms with Crippen molar-refractivity contribution in [1.82, 2.24) is 9.97 Å². The number of nitrogens with zero attached hydrogens (tertiary/aromatic N) is 3. The Kier molecular flexibility index (Phi) is 5.47. The number of hydrogen-bond acceptors (Lipinski definition) is 6. The topological polar surface area (TPSA) is 107 Å². The molecule has 1 rings (SSSR count). The number of nitrogens with one attached hydrogen (secondary N) is 1. The van der Waals surface area contributed by atoms with Crippen LogP contribution in [0, 0.1) is 17.0 Å². The molecular weight excluding hydrogens is 246 g/mol. The molecule has 1 atom stereocenters. The number of nitrogen functional groups attached to an aromatic ring is 1. The average molecular weight is 267 g/mol. The number of hydrogen-bond donors (Lipinski definition) is 2. The minimum absolute atomic E-state index is 0.0476. The molecule has 0 fully saturated rings. The van der Waals surface area contributed by atoms with Crippen molar-refractivity contribution in [3.8, 4) is 0 Å². The molecule has 1 heterocycles. The second-order valence-corrected chi connectivity index (χ2v) is 4.66. The Morgan fingerprint density at radius 3 is 2.68 bits per heavy atom. The molecule has 7 nitrogen and oxygen atoms in total. The molecule has 0 amide bonds. The predicted octanol–water partition coefficient (Wildman–Crippen LogP) is 2.66. The maximum atomic E-state index is 11.0. The Balaban J connectivity index is 2.84. The van der Waals surface area contributed by atoms with Crippen molar-refractivity contribution in [3.05, 3.63) is 15.8 Å². The summed E-state index contributed by atoms with van der Waals surface area (Å²) in [5.74, 6) is 0.255. The molecule has 1 aromatic heterocycles. The first-order chi connectivity index (χ1) is 8.95. The predicted molar refractivity (Wildman–Crippen MR) is 75.1 cm³/mol. The molecule has 19 heavy (non-hydrogen) atoms. The molecule has 0 bridgehead atoms. The van der Waals surface area contributed by atoms with Crippen molar-refractivity contribution in [2.24, 2.45) is 0 Å². The summed E-state index contributed by atoms with van der Waals surface area (Å²) in [4.78, 5) is 18.3. The summed E-state index contributed by atoms with van der Waals surface area (Å²) in [7, 11) is 0. The maximum absolute atomic E-state index is 11.0. The van der Waals surface area contributed by atoms with E-state index in [0.717, 1.165) is 25.7 Å². The summed E-state index contributed by atoms with van der Waals surface area (Å²) >= 11 is 0. The lowest BCUT2D eigenvalue weighted by molar-refractivity contribution is -0.385. The molecule has 1 unspecified atom stereocenters. The van der Waals surface area contributed by atoms with Crippen LogP contribution in [0.1, 0.15) is 45.2 Å². The van der Waals surface area contributed by atoms with E-state index in [1.807, 2.05) is 6.92 Å². The van der Waals surface area contributed by atoms with Crippen LogP contribution in [0.2, 0.25) is 0 Å². The second-order valence-electron chi connectivity index (χ2n) is 4.66. The molecule has 0 aromatic carbocycles. The summed E-state index contributed by atoms with van der Waals surface area (Å²) in [6.45, 7) is 5.67. The molecule has 7 heteroatoms. The van der Waals surface area contributed by atoms with Crippen LogP contribution in [0.5, 0.6) is 0 Å². The van der Waals surface area contributed by atoms with Gasteiger partial charge in [0.25, 0.3) is 0 Å². The van der Waals surface area contributed by atoms with Gasteiger partial charge in [-0.2, -0.15) is 4.98 Å². The van der Waals surface area contributed by atoms with Crippen LogP contribution in [0.3, 0.4) is 0 Å². The number of anilines is 2. The third-order valence-electron chi connectivity index (χ3n) is 2.88. The molecule has 0 radical (unpaired) electrons. The molecule has 0 spiro atoms. The smallest absolute Gasteiger partial charge is 0.332 e. The lowest BCUT2D eigenvalue weighted by Crippen LogP contribution is -2.18. The second kappa shape index (κ2) is 6.86. The molecule has 0 saturated carbocycles. The summed E-state index contributed by atoms with van der Waals surface area (Å²) in [6, 6.07) is 0.110. The number of aromatic nitrogens is 2. The van der Waals surface area contributed by atoms with Crippen LogP contribution in [0.15, 0.2) is 0 Å². The zero-order chi connectivity index (χ0) is 14.4. The molecule has 0 aliphatic heterocycles. The van der Waals surface area contributed by atoms with Gasteiger partial charge in [0, 0.05) is 6.04 Å². The van der Waals surface area contributed by atoms with E-state index in [-0.39, 0.29) is 29.2 Å². The van der Waals surface area contributed by atoms with Crippen LogP contribution in [-0.2, 0) is 0 Å². The first-order valence-electron chi connectivity index (χ1n) is 6.50. The van der Waals surface area contributed by atoms with E-state index in [0.29, 0.717) is 0 Å². The van der Waals surface area contributed by atoms with Crippen LogP contribution in [-0.4, -0.2) is 20.9 Å². The number of rotatable bonds is 7. The Hall–Kier alpha value is -1.92. The monoisotopic (exact) mass is 267 g/mol. The highest BCUT2D eigenvalue weighted by Gasteiger charge is 2.22. The van der Waals surface area contributed by atoms with Crippen LogP contribution >= 0.6 is 0 Å². The van der Waals surface area contributed by atoms with Gasteiger partial charge in [0.05, 0.1) is 4.92 Å². The average Bonchev–Trinajstić information content (AvgIpc) is 2.27. The fourth-order valence-electron chi connectivity index (χ4n) is 1.91. The zero-order valence-electron chi connectivity index (χ0n) is 11.6. The van der Waals surface area contributed by atoms with Crippen LogP contribution < -0.4 is 11.1 Å². The summed E-state index contributed by atoms with van der Waals surface area (Å²) in [5, 5.41) is 14.1. The molecule has 0 saturated heterocycles. The van der Waals surface area contributed by atoms with E-state index in [9.17, 15) is 10.1 Å². The highest BCUT2D eigenvalue weighted by atomic mass is 16.6. The zero-order valence-corrected chi connectivity index (χ0v) is 11.6. The van der Waals surface area contributed by atoms with Crippen molar-refractivity contribution < 1.29 is 4.92 Å². The first kappa shape index (κ1) is 15.1. The quantitative estimate of drug-likeness (QED) is 0.447.